The number of fused-ring (bicyclic) bond motifs is 2. The van der Waals surface area contributed by atoms with Gasteiger partial charge in [0.25, 0.3) is 11.8 Å². The number of carbonyl (C=O) groups is 8. The van der Waals surface area contributed by atoms with Crippen LogP contribution in [0.15, 0.2) is 102 Å². The van der Waals surface area contributed by atoms with Gasteiger partial charge in [0, 0.05) is 44.2 Å². The van der Waals surface area contributed by atoms with Gasteiger partial charge >= 0.3 is 0 Å². The molecule has 4 aromatic carbocycles. The van der Waals surface area contributed by atoms with Crippen LogP contribution < -0.4 is 31.3 Å². The summed E-state index contributed by atoms with van der Waals surface area (Å²) in [4.78, 5) is 122. The van der Waals surface area contributed by atoms with Gasteiger partial charge in [0.15, 0.2) is 17.6 Å². The van der Waals surface area contributed by atoms with Crippen LogP contribution in [0, 0.1) is 17.8 Å². The number of amides is 6. The zero-order chi connectivity index (χ0) is 64.6. The third-order valence-electron chi connectivity index (χ3n) is 16.6. The molecule has 1 saturated carbocycles. The number of nitrogens with zero attached hydrogens (tertiary/aromatic N) is 2. The maximum Gasteiger partial charge on any atom is 0.251 e. The van der Waals surface area contributed by atoms with Gasteiger partial charge in [-0.05, 0) is 103 Å². The second-order valence-electron chi connectivity index (χ2n) is 23.3. The summed E-state index contributed by atoms with van der Waals surface area (Å²) in [7, 11) is 1.41. The number of methoxy groups -OCH3 is 1. The number of carbonyl (C=O) groups excluding carboxylic acids is 8. The maximum absolute atomic E-state index is 15.0. The highest BCUT2D eigenvalue weighted by Crippen LogP contribution is 2.35. The highest BCUT2D eigenvalue weighted by atomic mass is 16.5. The number of benzene rings is 4. The van der Waals surface area contributed by atoms with E-state index in [1.807, 2.05) is 48.5 Å². The smallest absolute Gasteiger partial charge is 0.251 e. The lowest BCUT2D eigenvalue weighted by atomic mass is 9.77. The van der Waals surface area contributed by atoms with E-state index in [2.05, 4.69) is 38.5 Å². The average molecular weight is 1230 g/mol. The summed E-state index contributed by atoms with van der Waals surface area (Å²) in [6, 6.07) is 15.1. The third kappa shape index (κ3) is 17.7. The SMILES string of the molecule is CCCCCOc1ccc(-c2ccc(-c3ccc(C(=O)N[C@H]4C[C@@H](O)C(/C=N/CCOC)NC(=O)[C@H]5C(CCC[C@H](C)[C@@H]5O)C(=O)[C@H]([C@@H](C)O)NC(=O)[C@H](C(=O)[C@@H](O)c5ccc(O)cc5)NC(=O)[C@@H]5C[C@@H](O)CN5C(=O)[C@H]([C@@H](C)O)NC4=O)cc3)cc2)cc1. The van der Waals surface area contributed by atoms with Gasteiger partial charge < -0.3 is 76.7 Å². The fourth-order valence-corrected chi connectivity index (χ4v) is 11.4. The first kappa shape index (κ1) is 68.5. The Balaban J connectivity index is 1.25. The van der Waals surface area contributed by atoms with E-state index >= 15 is 0 Å². The van der Waals surface area contributed by atoms with Crippen molar-refractivity contribution in [2.45, 2.75) is 152 Å². The zero-order valence-electron chi connectivity index (χ0n) is 50.6. The zero-order valence-corrected chi connectivity index (χ0v) is 50.6. The van der Waals surface area contributed by atoms with Crippen molar-refractivity contribution in [3.63, 3.8) is 0 Å². The van der Waals surface area contributed by atoms with Crippen LogP contribution in [-0.4, -0.2) is 194 Å². The lowest BCUT2D eigenvalue weighted by molar-refractivity contribution is -0.146. The Bertz CT molecular complexity index is 3110. The molecule has 7 rings (SSSR count). The van der Waals surface area contributed by atoms with Crippen molar-refractivity contribution in [3.05, 3.63) is 108 Å². The summed E-state index contributed by atoms with van der Waals surface area (Å²) >= 11 is 0. The van der Waals surface area contributed by atoms with E-state index in [4.69, 9.17) is 9.47 Å². The molecule has 89 heavy (non-hydrogen) atoms. The lowest BCUT2D eigenvalue weighted by Gasteiger charge is -2.34. The third-order valence-corrected chi connectivity index (χ3v) is 16.6. The van der Waals surface area contributed by atoms with E-state index in [1.54, 1.807) is 19.1 Å². The number of Topliss-reactive ketones (excluding diaryl/α,β-unsaturated/α-hetero) is 2. The van der Waals surface area contributed by atoms with Crippen LogP contribution in [0.1, 0.15) is 101 Å². The summed E-state index contributed by atoms with van der Waals surface area (Å²) in [5.41, 5.74) is 3.37. The second-order valence-corrected chi connectivity index (χ2v) is 23.3. The number of hydrogen-bond acceptors (Lipinski definition) is 18. The van der Waals surface area contributed by atoms with Crippen LogP contribution in [0.5, 0.6) is 11.5 Å². The number of nitrogens with one attached hydrogen (secondary N) is 5. The van der Waals surface area contributed by atoms with Crippen molar-refractivity contribution < 1.29 is 83.6 Å². The summed E-state index contributed by atoms with van der Waals surface area (Å²) in [5, 5.41) is 91.3. The molecule has 0 aromatic heterocycles. The van der Waals surface area contributed by atoms with E-state index < -0.39 is 157 Å². The normalized spacial score (nSPS) is 27.1. The number of aliphatic hydroxyl groups excluding tert-OH is 6. The number of ether oxygens (including phenoxy) is 2. The first-order chi connectivity index (χ1) is 42.5. The van der Waals surface area contributed by atoms with Gasteiger partial charge in [-0.1, -0.05) is 93.8 Å². The summed E-state index contributed by atoms with van der Waals surface area (Å²) in [6.45, 7) is 6.18. The lowest BCUT2D eigenvalue weighted by Crippen LogP contribution is -2.62. The average Bonchev–Trinajstić information content (AvgIpc) is 2.12. The highest BCUT2D eigenvalue weighted by Gasteiger charge is 2.49. The van der Waals surface area contributed by atoms with E-state index in [1.165, 1.54) is 19.2 Å². The number of phenols is 1. The molecule has 0 spiro atoms. The van der Waals surface area contributed by atoms with Crippen molar-refractivity contribution in [2.24, 2.45) is 22.7 Å². The Hall–Kier alpha value is -7.97. The number of aromatic hydroxyl groups is 1. The summed E-state index contributed by atoms with van der Waals surface area (Å²) in [5.74, 6) is -12.5. The molecule has 12 N–H and O–H groups in total. The predicted molar refractivity (Wildman–Crippen MR) is 326 cm³/mol. The van der Waals surface area contributed by atoms with Gasteiger partial charge in [-0.2, -0.15) is 0 Å². The molecular formula is C65H83N7O17. The molecular weight excluding hydrogens is 1150 g/mol. The Kier molecular flexibility index (Phi) is 24.6. The van der Waals surface area contributed by atoms with Crippen LogP contribution >= 0.6 is 0 Å². The van der Waals surface area contributed by atoms with Crippen LogP contribution in [0.25, 0.3) is 22.3 Å². The minimum atomic E-state index is -2.42. The van der Waals surface area contributed by atoms with Crippen LogP contribution in [-0.2, 0) is 38.3 Å². The fourth-order valence-electron chi connectivity index (χ4n) is 11.4. The van der Waals surface area contributed by atoms with E-state index in [0.717, 1.165) is 96.5 Å². The molecule has 0 bridgehead atoms. The molecule has 3 aliphatic rings. The number of phenolic OH excluding ortho intramolecular Hbond substituents is 1. The molecule has 3 fully saturated rings. The van der Waals surface area contributed by atoms with Crippen molar-refractivity contribution >= 4 is 53.2 Å². The highest BCUT2D eigenvalue weighted by molar-refractivity contribution is 6.11. The van der Waals surface area contributed by atoms with E-state index in [-0.39, 0.29) is 42.9 Å². The predicted octanol–water partition coefficient (Wildman–Crippen LogP) is 1.82. The van der Waals surface area contributed by atoms with Crippen LogP contribution in [0.3, 0.4) is 0 Å². The van der Waals surface area contributed by atoms with Gasteiger partial charge in [0.05, 0.1) is 62.2 Å². The van der Waals surface area contributed by atoms with Gasteiger partial charge in [-0.25, -0.2) is 0 Å². The van der Waals surface area contributed by atoms with Crippen molar-refractivity contribution in [1.82, 2.24) is 31.5 Å². The van der Waals surface area contributed by atoms with Crippen molar-refractivity contribution in [1.29, 1.82) is 0 Å². The fraction of sp³-hybridized carbons (Fsp3) is 0.492. The Labute approximate surface area is 516 Å². The minimum absolute atomic E-state index is 0.00350. The molecule has 6 amide bonds. The quantitative estimate of drug-likeness (QED) is 0.0384. The van der Waals surface area contributed by atoms with Crippen molar-refractivity contribution in [3.8, 4) is 33.8 Å². The van der Waals surface area contributed by atoms with Crippen molar-refractivity contribution in [2.75, 3.05) is 33.4 Å². The first-order valence-electron chi connectivity index (χ1n) is 30.2. The topological polar surface area (TPSA) is 372 Å². The standard InChI is InChI=1S/C65H83N7O17/c1-6-7-8-29-89-46-26-22-41(23-27-46)39-14-12-38(13-15-39)40-16-18-43(19-17-40)60(82)67-48-32-51(77)49(33-66-28-30-88-5)68-63(85)52-47(11-9-10-35(2)56(52)78)58(80)53(36(3)73)69-64(86)55(59(81)57(79)42-20-24-44(75)25-21-42)71-62(84)50-31-45(76)34-72(50)65(87)54(37(4)74)70-61(48)83/h12-27,33,35-37,45,47-57,73-79H,6-11,28-32,34H2,1-5H3,(H,67,82)(H,68,85)(H,69,86)(H,70,83)(H,71,84)/b66-33+/t35-,36+,37+,45+,47?,48-,49?,50-,51+,52-,53-,54-,55-,56-,57-/m0/s1. The molecule has 15 atom stereocenters. The second kappa shape index (κ2) is 32.0. The number of rotatable bonds is 18. The molecule has 480 valence electrons. The molecule has 1 aliphatic carbocycles. The molecule has 2 aliphatic heterocycles. The summed E-state index contributed by atoms with van der Waals surface area (Å²) in [6.07, 6.45) is -7.05. The van der Waals surface area contributed by atoms with Gasteiger partial charge in [-0.3, -0.25) is 43.3 Å². The van der Waals surface area contributed by atoms with Gasteiger partial charge in [0.1, 0.15) is 41.8 Å². The maximum atomic E-state index is 15.0. The Morgan fingerprint density at radius 3 is 1.91 bits per heavy atom. The number of aliphatic imine (C=N–C) groups is 1. The minimum Gasteiger partial charge on any atom is -0.508 e. The van der Waals surface area contributed by atoms with Crippen LogP contribution in [0.4, 0.5) is 0 Å². The molecule has 4 aromatic rings. The number of aliphatic hydroxyl groups is 6. The number of ketones is 2. The molecule has 0 radical (unpaired) electrons. The van der Waals surface area contributed by atoms with Gasteiger partial charge in [0.2, 0.25) is 23.6 Å². The Morgan fingerprint density at radius 2 is 1.31 bits per heavy atom. The van der Waals surface area contributed by atoms with E-state index in [9.17, 15) is 74.1 Å². The summed E-state index contributed by atoms with van der Waals surface area (Å²) < 4.78 is 11.0. The largest absolute Gasteiger partial charge is 0.508 e. The monoisotopic (exact) mass is 1230 g/mol. The Morgan fingerprint density at radius 1 is 0.719 bits per heavy atom. The molecule has 2 saturated heterocycles. The number of hydrogen-bond donors (Lipinski definition) is 12. The molecule has 24 heteroatoms. The first-order valence-corrected chi connectivity index (χ1v) is 30.2. The molecule has 2 unspecified atom stereocenters. The number of unbranched alkanes of at least 4 members (excludes halogenated alkanes) is 2. The van der Waals surface area contributed by atoms with E-state index in [0.29, 0.717) is 13.0 Å². The molecule has 24 nitrogen and oxygen atoms in total. The molecule has 2 heterocycles. The van der Waals surface area contributed by atoms with Crippen LogP contribution in [0.2, 0.25) is 0 Å². The van der Waals surface area contributed by atoms with Gasteiger partial charge in [-0.15, -0.1) is 0 Å².